The largest absolute Gasteiger partial charge is 0.457 e. The van der Waals surface area contributed by atoms with Crippen LogP contribution in [-0.4, -0.2) is 35.1 Å². The lowest BCUT2D eigenvalue weighted by molar-refractivity contribution is -0.110. The SMILES string of the molecule is O=C1C(=O)c2c(F)cc(F)cc2/C1=C/c1cc2c(C(=O)OCc3ccccc3)cc3c(cc(C(=O)OCc4ccccc4)c4cc(/C=C5\C(=O)C(=O)c6c(F)cc(F)cc65)sc43)c2s1. The summed E-state index contributed by atoms with van der Waals surface area (Å²) in [5, 5.41) is 1.50. The van der Waals surface area contributed by atoms with E-state index in [4.69, 9.17) is 9.47 Å². The molecule has 14 heteroatoms. The summed E-state index contributed by atoms with van der Waals surface area (Å²) in [6, 6.07) is 26.9. The average Bonchev–Trinajstić information content (AvgIpc) is 4.02. The van der Waals surface area contributed by atoms with Crippen LogP contribution in [0.5, 0.6) is 0 Å². The molecule has 0 N–H and O–H groups in total. The van der Waals surface area contributed by atoms with Gasteiger partial charge in [0, 0.05) is 75.1 Å². The Bertz CT molecular complexity index is 3260. The van der Waals surface area contributed by atoms with Gasteiger partial charge in [0.15, 0.2) is 0 Å². The first kappa shape index (κ1) is 40.4. The number of esters is 2. The van der Waals surface area contributed by atoms with Gasteiger partial charge in [0.05, 0.1) is 22.3 Å². The van der Waals surface area contributed by atoms with Gasteiger partial charge in [0.1, 0.15) is 36.5 Å². The van der Waals surface area contributed by atoms with E-state index in [1.165, 1.54) is 12.2 Å². The summed E-state index contributed by atoms with van der Waals surface area (Å²) in [6.07, 6.45) is 2.62. The van der Waals surface area contributed by atoms with Gasteiger partial charge in [0.25, 0.3) is 0 Å². The van der Waals surface area contributed by atoms with Crippen molar-refractivity contribution in [3.05, 3.63) is 187 Å². The van der Waals surface area contributed by atoms with E-state index >= 15 is 0 Å². The molecular weight excluding hydrogens is 869 g/mol. The maximum Gasteiger partial charge on any atom is 0.339 e. The van der Waals surface area contributed by atoms with Gasteiger partial charge in [0.2, 0.25) is 23.1 Å². The molecule has 2 aliphatic rings. The Hall–Kier alpha value is -7.68. The fraction of sp³-hybridized carbons (Fsp3) is 0.0400. The third kappa shape index (κ3) is 6.83. The number of Topliss-reactive ketones (excluding diaryl/α,β-unsaturated/α-hetero) is 4. The van der Waals surface area contributed by atoms with E-state index in [0.717, 1.165) is 34.8 Å². The fourth-order valence-electron chi connectivity index (χ4n) is 8.00. The fourth-order valence-corrected chi connectivity index (χ4v) is 10.3. The van der Waals surface area contributed by atoms with E-state index in [1.807, 2.05) is 0 Å². The van der Waals surface area contributed by atoms with Crippen LogP contribution >= 0.6 is 22.7 Å². The van der Waals surface area contributed by atoms with Crippen LogP contribution < -0.4 is 0 Å². The molecule has 64 heavy (non-hydrogen) atoms. The molecular formula is C50H24F4O8S2. The highest BCUT2D eigenvalue weighted by Gasteiger charge is 2.38. The Morgan fingerprint density at radius 3 is 1.27 bits per heavy atom. The Balaban J connectivity index is 1.20. The van der Waals surface area contributed by atoms with E-state index < -0.39 is 69.5 Å². The number of ether oxygens (including phenoxy) is 2. The van der Waals surface area contributed by atoms with Crippen LogP contribution in [0.1, 0.15) is 73.4 Å². The summed E-state index contributed by atoms with van der Waals surface area (Å²) in [4.78, 5) is 81.2. The highest BCUT2D eigenvalue weighted by Crippen LogP contribution is 2.45. The van der Waals surface area contributed by atoms with Crippen molar-refractivity contribution in [3.8, 4) is 0 Å². The van der Waals surface area contributed by atoms with Crippen LogP contribution in [0.25, 0.3) is 54.2 Å². The predicted molar refractivity (Wildman–Crippen MR) is 233 cm³/mol. The summed E-state index contributed by atoms with van der Waals surface area (Å²) in [5.41, 5.74) is -0.542. The van der Waals surface area contributed by atoms with Crippen LogP contribution in [-0.2, 0) is 32.3 Å². The number of rotatable bonds is 8. The molecule has 0 fully saturated rings. The number of carbonyl (C=O) groups is 6. The lowest BCUT2D eigenvalue weighted by atomic mass is 9.98. The molecule has 0 bridgehead atoms. The van der Waals surface area contributed by atoms with Crippen molar-refractivity contribution >= 4 is 112 Å². The first-order valence-corrected chi connectivity index (χ1v) is 21.0. The van der Waals surface area contributed by atoms with Crippen molar-refractivity contribution in [2.45, 2.75) is 13.2 Å². The number of fused-ring (bicyclic) bond motifs is 7. The molecule has 0 saturated carbocycles. The van der Waals surface area contributed by atoms with E-state index in [1.54, 1.807) is 84.9 Å². The smallest absolute Gasteiger partial charge is 0.339 e. The van der Waals surface area contributed by atoms with E-state index in [9.17, 15) is 46.3 Å². The minimum absolute atomic E-state index is 0.0658. The van der Waals surface area contributed by atoms with Gasteiger partial charge in [-0.05, 0) is 59.7 Å². The maximum atomic E-state index is 14.8. The Kier molecular flexibility index (Phi) is 9.84. The molecule has 312 valence electrons. The van der Waals surface area contributed by atoms with Crippen molar-refractivity contribution in [2.24, 2.45) is 0 Å². The molecule has 2 aromatic heterocycles. The molecule has 2 aliphatic carbocycles. The zero-order valence-electron chi connectivity index (χ0n) is 32.6. The van der Waals surface area contributed by atoms with Gasteiger partial charge in [-0.1, -0.05) is 60.7 Å². The Morgan fingerprint density at radius 2 is 0.875 bits per heavy atom. The lowest BCUT2D eigenvalue weighted by Crippen LogP contribution is -2.07. The molecule has 8 nitrogen and oxygen atoms in total. The minimum atomic E-state index is -1.18. The average molecular weight is 893 g/mol. The number of carbonyl (C=O) groups excluding carboxylic acids is 6. The van der Waals surface area contributed by atoms with Gasteiger partial charge in [-0.15, -0.1) is 22.7 Å². The molecule has 0 saturated heterocycles. The first-order chi connectivity index (χ1) is 30.8. The third-order valence-electron chi connectivity index (χ3n) is 10.9. The van der Waals surface area contributed by atoms with Crippen molar-refractivity contribution in [1.29, 1.82) is 0 Å². The zero-order valence-corrected chi connectivity index (χ0v) is 34.2. The van der Waals surface area contributed by atoms with Gasteiger partial charge in [-0.3, -0.25) is 19.2 Å². The maximum absolute atomic E-state index is 14.8. The number of ketones is 4. The minimum Gasteiger partial charge on any atom is -0.457 e. The van der Waals surface area contributed by atoms with Crippen molar-refractivity contribution in [1.82, 2.24) is 0 Å². The molecule has 10 rings (SSSR count). The Labute approximate surface area is 366 Å². The molecule has 0 spiro atoms. The second kappa shape index (κ2) is 15.6. The highest BCUT2D eigenvalue weighted by atomic mass is 32.1. The van der Waals surface area contributed by atoms with Crippen LogP contribution in [0.4, 0.5) is 17.6 Å². The van der Waals surface area contributed by atoms with Gasteiger partial charge in [-0.2, -0.15) is 0 Å². The number of hydrogen-bond acceptors (Lipinski definition) is 10. The summed E-state index contributed by atoms with van der Waals surface area (Å²) in [7, 11) is 0. The van der Waals surface area contributed by atoms with Crippen molar-refractivity contribution < 1.29 is 55.8 Å². The molecule has 8 aromatic rings. The van der Waals surface area contributed by atoms with E-state index in [2.05, 4.69) is 0 Å². The normalized spacial score (nSPS) is 14.7. The number of hydrogen-bond donors (Lipinski definition) is 0. The van der Waals surface area contributed by atoms with Gasteiger partial charge >= 0.3 is 11.9 Å². The molecule has 0 aliphatic heterocycles. The Morgan fingerprint density at radius 1 is 0.484 bits per heavy atom. The molecule has 2 heterocycles. The van der Waals surface area contributed by atoms with Crippen molar-refractivity contribution in [2.75, 3.05) is 0 Å². The highest BCUT2D eigenvalue weighted by molar-refractivity contribution is 7.22. The van der Waals surface area contributed by atoms with Crippen LogP contribution in [0.2, 0.25) is 0 Å². The summed E-state index contributed by atoms with van der Waals surface area (Å²) in [5.74, 6) is -10.2. The third-order valence-corrected chi connectivity index (χ3v) is 13.2. The molecule has 0 unspecified atom stereocenters. The topological polar surface area (TPSA) is 121 Å². The van der Waals surface area contributed by atoms with E-state index in [-0.39, 0.29) is 46.6 Å². The second-order valence-electron chi connectivity index (χ2n) is 14.9. The second-order valence-corrected chi connectivity index (χ2v) is 17.1. The van der Waals surface area contributed by atoms with Crippen molar-refractivity contribution in [3.63, 3.8) is 0 Å². The summed E-state index contributed by atoms with van der Waals surface area (Å²) < 4.78 is 71.0. The summed E-state index contributed by atoms with van der Waals surface area (Å²) >= 11 is 2.13. The van der Waals surface area contributed by atoms with Crippen LogP contribution in [0.3, 0.4) is 0 Å². The number of benzene rings is 6. The number of halogens is 4. The standard InChI is InChI=1S/C50H24F4O8S2/c51-25-11-29-31(43(55)45(57)41(29)39(53)13-25)15-27-17-33-37(49(59)61-21-23-7-3-1-4-8-23)19-35-36(47(33)63-27)20-38(50(60)62-22-24-9-5-2-6-10-24)34-18-28(64-48(34)35)16-32-30-12-26(52)14-40(54)42(30)46(58)44(32)56/h1-20H,21-22H2/b31-15-,32-16-. The molecule has 0 amide bonds. The van der Waals surface area contributed by atoms with E-state index in [0.29, 0.717) is 64.0 Å². The summed E-state index contributed by atoms with van der Waals surface area (Å²) in [6.45, 7) is -0.197. The molecule has 0 radical (unpaired) electrons. The first-order valence-electron chi connectivity index (χ1n) is 19.3. The number of thiophene rings is 2. The van der Waals surface area contributed by atoms with Crippen LogP contribution in [0.15, 0.2) is 109 Å². The monoisotopic (exact) mass is 892 g/mol. The number of allylic oxidation sites excluding steroid dienone is 2. The van der Waals surface area contributed by atoms with Gasteiger partial charge < -0.3 is 9.47 Å². The molecule has 6 aromatic carbocycles. The predicted octanol–water partition coefficient (Wildman–Crippen LogP) is 11.2. The lowest BCUT2D eigenvalue weighted by Gasteiger charge is -2.12. The quantitative estimate of drug-likeness (QED) is 0.0640. The zero-order chi connectivity index (χ0) is 44.6. The van der Waals surface area contributed by atoms with Gasteiger partial charge in [-0.25, -0.2) is 27.2 Å². The molecule has 0 atom stereocenters. The van der Waals surface area contributed by atoms with Crippen LogP contribution in [0, 0.1) is 23.3 Å².